The van der Waals surface area contributed by atoms with Crippen LogP contribution < -0.4 is 11.1 Å². The maximum absolute atomic E-state index is 12.2. The molecular weight excluding hydrogens is 334 g/mol. The molecule has 25 heavy (non-hydrogen) atoms. The lowest BCUT2D eigenvalue weighted by Crippen LogP contribution is -2.01. The predicted octanol–water partition coefficient (Wildman–Crippen LogP) is 3.45. The molecule has 0 aliphatic carbocycles. The lowest BCUT2D eigenvalue weighted by molar-refractivity contribution is 0.600. The van der Waals surface area contributed by atoms with Crippen LogP contribution in [0, 0.1) is 0 Å². The predicted molar refractivity (Wildman–Crippen MR) is 101 cm³/mol. The van der Waals surface area contributed by atoms with E-state index in [9.17, 15) is 8.42 Å². The molecule has 6 heteroatoms. The Labute approximate surface area is 146 Å². The molecule has 0 fully saturated rings. The lowest BCUT2D eigenvalue weighted by Gasteiger charge is -2.15. The van der Waals surface area contributed by atoms with E-state index in [1.807, 2.05) is 12.1 Å². The molecule has 0 amide bonds. The fourth-order valence-electron chi connectivity index (χ4n) is 3.34. The minimum Gasteiger partial charge on any atom is -0.396 e. The fraction of sp³-hybridized carbons (Fsp3) is 0.211. The molecule has 0 unspecified atom stereocenters. The normalized spacial score (nSPS) is 15.2. The molecule has 2 aromatic carbocycles. The van der Waals surface area contributed by atoms with E-state index >= 15 is 0 Å². The molecule has 4 rings (SSSR count). The number of pyridine rings is 1. The zero-order valence-corrected chi connectivity index (χ0v) is 14.7. The third-order valence-electron chi connectivity index (χ3n) is 4.72. The summed E-state index contributed by atoms with van der Waals surface area (Å²) >= 11 is 0. The van der Waals surface area contributed by atoms with Crippen molar-refractivity contribution in [3.05, 3.63) is 53.7 Å². The molecule has 0 radical (unpaired) electrons. The third-order valence-corrected chi connectivity index (χ3v) is 6.51. The topological polar surface area (TPSA) is 85.1 Å². The average Bonchev–Trinajstić information content (AvgIpc) is 2.93. The molecule has 0 spiro atoms. The number of nitrogens with one attached hydrogen (secondary N) is 1. The number of nitrogen functional groups attached to an aromatic ring is 1. The van der Waals surface area contributed by atoms with E-state index in [1.165, 1.54) is 5.56 Å². The molecule has 5 nitrogen and oxygen atoms in total. The number of fused-ring (bicyclic) bond motifs is 3. The minimum absolute atomic E-state index is 0.140. The Bertz CT molecular complexity index is 1070. The van der Waals surface area contributed by atoms with Crippen LogP contribution in [0.3, 0.4) is 0 Å². The fourth-order valence-corrected chi connectivity index (χ4v) is 4.89. The molecule has 3 N–H and O–H groups in total. The number of aryl methyl sites for hydroxylation is 2. The van der Waals surface area contributed by atoms with Gasteiger partial charge in [-0.05, 0) is 48.2 Å². The van der Waals surface area contributed by atoms with Crippen LogP contribution in [0.25, 0.3) is 10.9 Å². The highest BCUT2D eigenvalue weighted by molar-refractivity contribution is 7.91. The summed E-state index contributed by atoms with van der Waals surface area (Å²) in [5.74, 6) is 0.140. The van der Waals surface area contributed by atoms with Crippen LogP contribution in [0.5, 0.6) is 0 Å². The summed E-state index contributed by atoms with van der Waals surface area (Å²) in [7, 11) is -3.20. The van der Waals surface area contributed by atoms with Crippen molar-refractivity contribution in [2.45, 2.75) is 24.7 Å². The first-order valence-corrected chi connectivity index (χ1v) is 9.93. The van der Waals surface area contributed by atoms with Crippen LogP contribution in [-0.4, -0.2) is 19.2 Å². The van der Waals surface area contributed by atoms with Gasteiger partial charge in [-0.25, -0.2) is 8.42 Å². The molecule has 1 aliphatic rings. The molecule has 1 aromatic heterocycles. The summed E-state index contributed by atoms with van der Waals surface area (Å²) < 4.78 is 24.5. The van der Waals surface area contributed by atoms with Crippen molar-refractivity contribution in [2.75, 3.05) is 16.8 Å². The summed E-state index contributed by atoms with van der Waals surface area (Å²) in [5.41, 5.74) is 11.1. The Kier molecular flexibility index (Phi) is 3.65. The van der Waals surface area contributed by atoms with Crippen LogP contribution in [-0.2, 0) is 22.7 Å². The Morgan fingerprint density at radius 3 is 2.64 bits per heavy atom. The summed E-state index contributed by atoms with van der Waals surface area (Å²) in [6, 6.07) is 11.5. The van der Waals surface area contributed by atoms with Gasteiger partial charge in [-0.15, -0.1) is 0 Å². The Hall–Kier alpha value is -2.60. The monoisotopic (exact) mass is 353 g/mol. The number of rotatable bonds is 3. The number of aromatic nitrogens is 1. The summed E-state index contributed by atoms with van der Waals surface area (Å²) in [6.45, 7) is 2.11. The van der Waals surface area contributed by atoms with Crippen molar-refractivity contribution in [3.8, 4) is 0 Å². The number of hydrogen-bond acceptors (Lipinski definition) is 5. The van der Waals surface area contributed by atoms with Gasteiger partial charge in [0, 0.05) is 11.1 Å². The largest absolute Gasteiger partial charge is 0.396 e. The first-order chi connectivity index (χ1) is 12.0. The van der Waals surface area contributed by atoms with Gasteiger partial charge in [-0.1, -0.05) is 19.1 Å². The molecule has 0 bridgehead atoms. The van der Waals surface area contributed by atoms with Crippen LogP contribution >= 0.6 is 0 Å². The second-order valence-electron chi connectivity index (χ2n) is 6.27. The summed E-state index contributed by atoms with van der Waals surface area (Å²) in [5, 5.41) is 4.17. The number of anilines is 3. The van der Waals surface area contributed by atoms with Crippen LogP contribution in [0.4, 0.5) is 17.1 Å². The van der Waals surface area contributed by atoms with E-state index in [0.29, 0.717) is 17.0 Å². The molecule has 3 aromatic rings. The van der Waals surface area contributed by atoms with Crippen molar-refractivity contribution in [1.82, 2.24) is 4.98 Å². The number of nitrogens with zero attached hydrogens (tertiary/aromatic N) is 1. The zero-order valence-electron chi connectivity index (χ0n) is 13.9. The molecule has 2 heterocycles. The van der Waals surface area contributed by atoms with Gasteiger partial charge in [-0.3, -0.25) is 4.98 Å². The Morgan fingerprint density at radius 1 is 1.16 bits per heavy atom. The zero-order chi connectivity index (χ0) is 17.6. The third kappa shape index (κ3) is 2.62. The molecule has 0 atom stereocenters. The quantitative estimate of drug-likeness (QED) is 0.753. The molecule has 128 valence electrons. The SMILES string of the molecule is CCc1ccc(Nc2c(N)cnc3ccc4c(c23)CCS4(=O)=O)cc1. The van der Waals surface area contributed by atoms with Gasteiger partial charge < -0.3 is 11.1 Å². The van der Waals surface area contributed by atoms with Crippen molar-refractivity contribution in [1.29, 1.82) is 0 Å². The van der Waals surface area contributed by atoms with Gasteiger partial charge in [0.1, 0.15) is 0 Å². The van der Waals surface area contributed by atoms with E-state index in [0.717, 1.165) is 34.3 Å². The van der Waals surface area contributed by atoms with Gasteiger partial charge in [-0.2, -0.15) is 0 Å². The molecule has 1 aliphatic heterocycles. The Balaban J connectivity index is 1.90. The van der Waals surface area contributed by atoms with E-state index in [4.69, 9.17) is 5.73 Å². The maximum Gasteiger partial charge on any atom is 0.179 e. The van der Waals surface area contributed by atoms with E-state index in [1.54, 1.807) is 18.3 Å². The smallest absolute Gasteiger partial charge is 0.179 e. The van der Waals surface area contributed by atoms with Crippen molar-refractivity contribution < 1.29 is 8.42 Å². The van der Waals surface area contributed by atoms with E-state index < -0.39 is 9.84 Å². The van der Waals surface area contributed by atoms with E-state index in [2.05, 4.69) is 29.4 Å². The highest BCUT2D eigenvalue weighted by Crippen LogP contribution is 2.39. The summed E-state index contributed by atoms with van der Waals surface area (Å²) in [6.07, 6.45) is 3.08. The highest BCUT2D eigenvalue weighted by Gasteiger charge is 2.29. The van der Waals surface area contributed by atoms with E-state index in [-0.39, 0.29) is 5.75 Å². The van der Waals surface area contributed by atoms with Gasteiger partial charge in [0.05, 0.1) is 33.7 Å². The van der Waals surface area contributed by atoms with Gasteiger partial charge >= 0.3 is 0 Å². The average molecular weight is 353 g/mol. The van der Waals surface area contributed by atoms with Crippen molar-refractivity contribution in [3.63, 3.8) is 0 Å². The molecule has 0 saturated heterocycles. The first kappa shape index (κ1) is 15.9. The van der Waals surface area contributed by atoms with Crippen molar-refractivity contribution >= 4 is 37.8 Å². The second kappa shape index (κ2) is 5.74. The first-order valence-electron chi connectivity index (χ1n) is 8.28. The summed E-state index contributed by atoms with van der Waals surface area (Å²) in [4.78, 5) is 4.78. The van der Waals surface area contributed by atoms with Crippen LogP contribution in [0.1, 0.15) is 18.1 Å². The number of hydrogen-bond donors (Lipinski definition) is 2. The number of benzene rings is 2. The second-order valence-corrected chi connectivity index (χ2v) is 8.35. The van der Waals surface area contributed by atoms with Crippen LogP contribution in [0.15, 0.2) is 47.5 Å². The standard InChI is InChI=1S/C19H19N3O2S/c1-2-12-3-5-13(6-4-12)22-19-15(20)11-21-16-7-8-17-14(18(16)19)9-10-25(17,23)24/h3-8,11H,2,9-10,20H2,1H3,(H,21,22). The van der Waals surface area contributed by atoms with Crippen LogP contribution in [0.2, 0.25) is 0 Å². The molecule has 0 saturated carbocycles. The maximum atomic E-state index is 12.2. The lowest BCUT2D eigenvalue weighted by atomic mass is 10.0. The minimum atomic E-state index is -3.20. The molecular formula is C19H19N3O2S. The Morgan fingerprint density at radius 2 is 1.92 bits per heavy atom. The van der Waals surface area contributed by atoms with Gasteiger partial charge in [0.25, 0.3) is 0 Å². The van der Waals surface area contributed by atoms with Gasteiger partial charge in [0.2, 0.25) is 0 Å². The van der Waals surface area contributed by atoms with Gasteiger partial charge in [0.15, 0.2) is 9.84 Å². The van der Waals surface area contributed by atoms with Crippen molar-refractivity contribution in [2.24, 2.45) is 0 Å². The number of nitrogens with two attached hydrogens (primary N) is 1. The number of sulfone groups is 1. The highest BCUT2D eigenvalue weighted by atomic mass is 32.2.